The van der Waals surface area contributed by atoms with Crippen LogP contribution in [-0.4, -0.2) is 20.5 Å². The van der Waals surface area contributed by atoms with Gasteiger partial charge in [0.15, 0.2) is 0 Å². The van der Waals surface area contributed by atoms with Crippen molar-refractivity contribution in [1.82, 2.24) is 9.38 Å². The Kier molecular flexibility index (Phi) is 2.18. The lowest BCUT2D eigenvalue weighted by atomic mass is 10.2. The minimum Gasteiger partial charge on any atom is -0.481 e. The average Bonchev–Trinajstić information content (AvgIpc) is 2.62. The van der Waals surface area contributed by atoms with Crippen LogP contribution in [0.1, 0.15) is 12.1 Å². The second kappa shape index (κ2) is 3.49. The molecule has 0 bridgehead atoms. The molecule has 0 aliphatic rings. The lowest BCUT2D eigenvalue weighted by molar-refractivity contribution is -0.136. The molecule has 72 valence electrons. The molecule has 0 atom stereocenters. The van der Waals surface area contributed by atoms with E-state index < -0.39 is 5.97 Å². The SMILES string of the molecule is O=C(O)CCc1cccc2nccn12. The molecule has 0 amide bonds. The minimum absolute atomic E-state index is 0.150. The van der Waals surface area contributed by atoms with Crippen molar-refractivity contribution in [2.45, 2.75) is 12.8 Å². The molecule has 2 aromatic rings. The van der Waals surface area contributed by atoms with Crippen molar-refractivity contribution in [3.63, 3.8) is 0 Å². The monoisotopic (exact) mass is 190 g/mol. The lowest BCUT2D eigenvalue weighted by Gasteiger charge is -2.02. The molecule has 0 aliphatic carbocycles. The molecule has 4 heteroatoms. The van der Waals surface area contributed by atoms with Crippen LogP contribution in [0.25, 0.3) is 5.65 Å². The molecule has 2 rings (SSSR count). The maximum atomic E-state index is 10.4. The molecule has 0 fully saturated rings. The number of rotatable bonds is 3. The second-order valence-electron chi connectivity index (χ2n) is 3.07. The number of nitrogens with zero attached hydrogens (tertiary/aromatic N) is 2. The molecule has 1 N–H and O–H groups in total. The number of pyridine rings is 1. The fourth-order valence-electron chi connectivity index (χ4n) is 1.45. The Morgan fingerprint density at radius 1 is 1.50 bits per heavy atom. The first-order chi connectivity index (χ1) is 6.77. The van der Waals surface area contributed by atoms with Gasteiger partial charge in [0.2, 0.25) is 0 Å². The zero-order valence-electron chi connectivity index (χ0n) is 7.55. The van der Waals surface area contributed by atoms with Crippen LogP contribution in [0.4, 0.5) is 0 Å². The molecule has 2 aromatic heterocycles. The van der Waals surface area contributed by atoms with E-state index in [0.717, 1.165) is 11.3 Å². The first kappa shape index (κ1) is 8.74. The van der Waals surface area contributed by atoms with E-state index in [1.165, 1.54) is 0 Å². The van der Waals surface area contributed by atoms with Crippen LogP contribution in [-0.2, 0) is 11.2 Å². The van der Waals surface area contributed by atoms with Gasteiger partial charge in [-0.1, -0.05) is 6.07 Å². The summed E-state index contributed by atoms with van der Waals surface area (Å²) in [5, 5.41) is 8.57. The predicted octanol–water partition coefficient (Wildman–Crippen LogP) is 1.35. The number of carbonyl (C=O) groups is 1. The number of hydrogen-bond acceptors (Lipinski definition) is 2. The van der Waals surface area contributed by atoms with Crippen LogP contribution in [0.5, 0.6) is 0 Å². The summed E-state index contributed by atoms with van der Waals surface area (Å²) < 4.78 is 1.91. The third-order valence-electron chi connectivity index (χ3n) is 2.11. The Bertz CT molecular complexity index is 462. The Morgan fingerprint density at radius 3 is 3.14 bits per heavy atom. The zero-order chi connectivity index (χ0) is 9.97. The maximum absolute atomic E-state index is 10.4. The Balaban J connectivity index is 2.32. The molecule has 0 saturated carbocycles. The van der Waals surface area contributed by atoms with Crippen LogP contribution in [0, 0.1) is 0 Å². The van der Waals surface area contributed by atoms with Gasteiger partial charge in [-0.25, -0.2) is 4.98 Å². The van der Waals surface area contributed by atoms with Gasteiger partial charge in [0.05, 0.1) is 6.42 Å². The van der Waals surface area contributed by atoms with Crippen molar-refractivity contribution in [2.24, 2.45) is 0 Å². The van der Waals surface area contributed by atoms with Crippen molar-refractivity contribution in [3.8, 4) is 0 Å². The van der Waals surface area contributed by atoms with Gasteiger partial charge >= 0.3 is 5.97 Å². The molecular formula is C10H10N2O2. The predicted molar refractivity (Wildman–Crippen MR) is 51.1 cm³/mol. The van der Waals surface area contributed by atoms with Crippen LogP contribution in [0.15, 0.2) is 30.6 Å². The lowest BCUT2D eigenvalue weighted by Crippen LogP contribution is -2.01. The first-order valence-corrected chi connectivity index (χ1v) is 4.40. The van der Waals surface area contributed by atoms with Gasteiger partial charge in [0.1, 0.15) is 5.65 Å². The van der Waals surface area contributed by atoms with E-state index in [0.29, 0.717) is 6.42 Å². The van der Waals surface area contributed by atoms with Gasteiger partial charge in [0, 0.05) is 18.1 Å². The number of hydrogen-bond donors (Lipinski definition) is 1. The number of carboxylic acids is 1. The highest BCUT2D eigenvalue weighted by Gasteiger charge is 2.02. The number of fused-ring (bicyclic) bond motifs is 1. The largest absolute Gasteiger partial charge is 0.481 e. The summed E-state index contributed by atoms with van der Waals surface area (Å²) in [5.41, 5.74) is 1.83. The van der Waals surface area contributed by atoms with Crippen LogP contribution >= 0.6 is 0 Å². The number of aromatic nitrogens is 2. The van der Waals surface area contributed by atoms with Crippen molar-refractivity contribution >= 4 is 11.6 Å². The third kappa shape index (κ3) is 1.59. The Hall–Kier alpha value is -1.84. The van der Waals surface area contributed by atoms with E-state index in [2.05, 4.69) is 4.98 Å². The van der Waals surface area contributed by atoms with E-state index >= 15 is 0 Å². The minimum atomic E-state index is -0.776. The number of aryl methyl sites for hydroxylation is 1. The summed E-state index contributed by atoms with van der Waals surface area (Å²) in [6.07, 6.45) is 4.23. The summed E-state index contributed by atoms with van der Waals surface area (Å²) in [6, 6.07) is 5.70. The molecule has 2 heterocycles. The van der Waals surface area contributed by atoms with Gasteiger partial charge in [-0.2, -0.15) is 0 Å². The zero-order valence-corrected chi connectivity index (χ0v) is 7.55. The van der Waals surface area contributed by atoms with Gasteiger partial charge in [-0.15, -0.1) is 0 Å². The van der Waals surface area contributed by atoms with E-state index in [1.54, 1.807) is 6.20 Å². The van der Waals surface area contributed by atoms with Gasteiger partial charge in [-0.05, 0) is 18.6 Å². The summed E-state index contributed by atoms with van der Waals surface area (Å²) in [4.78, 5) is 14.5. The highest BCUT2D eigenvalue weighted by molar-refractivity contribution is 5.67. The first-order valence-electron chi connectivity index (χ1n) is 4.40. The van der Waals surface area contributed by atoms with E-state index in [9.17, 15) is 4.79 Å². The number of aliphatic carboxylic acids is 1. The highest BCUT2D eigenvalue weighted by Crippen LogP contribution is 2.07. The molecule has 0 unspecified atom stereocenters. The summed E-state index contributed by atoms with van der Waals surface area (Å²) >= 11 is 0. The van der Waals surface area contributed by atoms with E-state index in [4.69, 9.17) is 5.11 Å². The molecule has 14 heavy (non-hydrogen) atoms. The van der Waals surface area contributed by atoms with Crippen molar-refractivity contribution in [3.05, 3.63) is 36.3 Å². The van der Waals surface area contributed by atoms with Crippen LogP contribution < -0.4 is 0 Å². The second-order valence-corrected chi connectivity index (χ2v) is 3.07. The Morgan fingerprint density at radius 2 is 2.36 bits per heavy atom. The molecule has 0 spiro atoms. The van der Waals surface area contributed by atoms with Crippen molar-refractivity contribution < 1.29 is 9.90 Å². The molecule has 0 aromatic carbocycles. The third-order valence-corrected chi connectivity index (χ3v) is 2.11. The molecule has 0 aliphatic heterocycles. The molecule has 0 saturated heterocycles. The van der Waals surface area contributed by atoms with E-state index in [-0.39, 0.29) is 6.42 Å². The normalized spacial score (nSPS) is 10.6. The molecule has 4 nitrogen and oxygen atoms in total. The fraction of sp³-hybridized carbons (Fsp3) is 0.200. The van der Waals surface area contributed by atoms with Gasteiger partial charge in [0.25, 0.3) is 0 Å². The quantitative estimate of drug-likeness (QED) is 0.794. The van der Waals surface area contributed by atoms with Crippen LogP contribution in [0.3, 0.4) is 0 Å². The summed E-state index contributed by atoms with van der Waals surface area (Å²) in [7, 11) is 0. The molecule has 0 radical (unpaired) electrons. The average molecular weight is 190 g/mol. The fourth-order valence-corrected chi connectivity index (χ4v) is 1.45. The smallest absolute Gasteiger partial charge is 0.303 e. The van der Waals surface area contributed by atoms with Crippen molar-refractivity contribution in [1.29, 1.82) is 0 Å². The number of carboxylic acid groups (broad SMARTS) is 1. The standard InChI is InChI=1S/C10H10N2O2/c13-10(14)5-4-8-2-1-3-9-11-6-7-12(8)9/h1-3,6-7H,4-5H2,(H,13,14). The van der Waals surface area contributed by atoms with Crippen molar-refractivity contribution in [2.75, 3.05) is 0 Å². The topological polar surface area (TPSA) is 54.6 Å². The highest BCUT2D eigenvalue weighted by atomic mass is 16.4. The van der Waals surface area contributed by atoms with Crippen LogP contribution in [0.2, 0.25) is 0 Å². The van der Waals surface area contributed by atoms with E-state index in [1.807, 2.05) is 28.8 Å². The van der Waals surface area contributed by atoms with Gasteiger partial charge in [-0.3, -0.25) is 4.79 Å². The maximum Gasteiger partial charge on any atom is 0.303 e. The molecular weight excluding hydrogens is 180 g/mol. The van der Waals surface area contributed by atoms with Gasteiger partial charge < -0.3 is 9.51 Å². The number of imidazole rings is 1. The summed E-state index contributed by atoms with van der Waals surface area (Å²) in [6.45, 7) is 0. The Labute approximate surface area is 80.8 Å². The summed E-state index contributed by atoms with van der Waals surface area (Å²) in [5.74, 6) is -0.776.